The monoisotopic (exact) mass is 385 g/mol. The molecule has 0 saturated heterocycles. The second kappa shape index (κ2) is 6.57. The Morgan fingerprint density at radius 1 is 1.21 bits per heavy atom. The zero-order valence-electron chi connectivity index (χ0n) is 13.3. The molecule has 0 saturated carbocycles. The number of anilines is 1. The van der Waals surface area contributed by atoms with Crippen LogP contribution in [0.4, 0.5) is 5.69 Å². The van der Waals surface area contributed by atoms with E-state index in [0.717, 1.165) is 15.6 Å². The van der Waals surface area contributed by atoms with Crippen LogP contribution in [0.2, 0.25) is 0 Å². The van der Waals surface area contributed by atoms with E-state index in [1.165, 1.54) is 10.9 Å². The molecule has 3 rings (SSSR count). The lowest BCUT2D eigenvalue weighted by Crippen LogP contribution is -2.28. The highest BCUT2D eigenvalue weighted by Crippen LogP contribution is 2.20. The number of hydrogen-bond acceptors (Lipinski definition) is 3. The molecule has 0 fully saturated rings. The highest BCUT2D eigenvalue weighted by atomic mass is 79.9. The smallest absolute Gasteiger partial charge is 0.261 e. The van der Waals surface area contributed by atoms with Crippen molar-refractivity contribution in [3.05, 3.63) is 68.7 Å². The maximum atomic E-state index is 12.5. The average Bonchev–Trinajstić information content (AvgIpc) is 2.54. The zero-order valence-corrected chi connectivity index (χ0v) is 14.9. The molecular formula is C18H16BrN3O2. The van der Waals surface area contributed by atoms with Gasteiger partial charge in [0.2, 0.25) is 5.91 Å². The topological polar surface area (TPSA) is 64.0 Å². The van der Waals surface area contributed by atoms with Crippen LogP contribution in [0.1, 0.15) is 11.1 Å². The molecule has 24 heavy (non-hydrogen) atoms. The van der Waals surface area contributed by atoms with Gasteiger partial charge in [-0.2, -0.15) is 0 Å². The molecule has 1 aromatic heterocycles. The van der Waals surface area contributed by atoms with Crippen molar-refractivity contribution in [1.82, 2.24) is 9.55 Å². The first-order valence-electron chi connectivity index (χ1n) is 7.46. The third-order valence-corrected chi connectivity index (χ3v) is 4.70. The summed E-state index contributed by atoms with van der Waals surface area (Å²) in [6, 6.07) is 11.0. The summed E-state index contributed by atoms with van der Waals surface area (Å²) in [5, 5.41) is 3.32. The standard InChI is InChI=1S/C18H16BrN3O2/c1-11-4-3-5-14-17(11)20-10-22(18(14)24)9-16(23)21-13-6-7-15(19)12(2)8-13/h3-8,10H,9H2,1-2H3,(H,21,23). The van der Waals surface area contributed by atoms with Crippen LogP contribution >= 0.6 is 15.9 Å². The van der Waals surface area contributed by atoms with Crippen molar-refractivity contribution < 1.29 is 4.79 Å². The van der Waals surface area contributed by atoms with Gasteiger partial charge in [0, 0.05) is 10.2 Å². The van der Waals surface area contributed by atoms with Crippen LogP contribution in [-0.2, 0) is 11.3 Å². The van der Waals surface area contributed by atoms with Gasteiger partial charge >= 0.3 is 0 Å². The summed E-state index contributed by atoms with van der Waals surface area (Å²) >= 11 is 3.42. The number of halogens is 1. The maximum absolute atomic E-state index is 12.5. The third kappa shape index (κ3) is 3.23. The first-order valence-corrected chi connectivity index (χ1v) is 8.26. The fourth-order valence-electron chi connectivity index (χ4n) is 2.53. The third-order valence-electron chi connectivity index (χ3n) is 3.81. The second-order valence-corrected chi connectivity index (χ2v) is 6.52. The minimum atomic E-state index is -0.271. The Morgan fingerprint density at radius 2 is 2.00 bits per heavy atom. The summed E-state index contributed by atoms with van der Waals surface area (Å²) in [6.45, 7) is 3.77. The Balaban J connectivity index is 1.84. The average molecular weight is 386 g/mol. The quantitative estimate of drug-likeness (QED) is 0.751. The van der Waals surface area contributed by atoms with E-state index in [1.54, 1.807) is 12.1 Å². The van der Waals surface area contributed by atoms with Crippen LogP contribution in [-0.4, -0.2) is 15.5 Å². The van der Waals surface area contributed by atoms with Crippen LogP contribution in [0.5, 0.6) is 0 Å². The molecule has 0 aliphatic carbocycles. The van der Waals surface area contributed by atoms with E-state index in [2.05, 4.69) is 26.2 Å². The molecule has 0 bridgehead atoms. The SMILES string of the molecule is Cc1cc(NC(=O)Cn2cnc3c(C)cccc3c2=O)ccc1Br. The van der Waals surface area contributed by atoms with Gasteiger partial charge in [-0.05, 0) is 49.2 Å². The number of amides is 1. The van der Waals surface area contributed by atoms with E-state index < -0.39 is 0 Å². The summed E-state index contributed by atoms with van der Waals surface area (Å²) in [7, 11) is 0. The Morgan fingerprint density at radius 3 is 2.75 bits per heavy atom. The number of benzene rings is 2. The van der Waals surface area contributed by atoms with Gasteiger partial charge in [-0.15, -0.1) is 0 Å². The zero-order chi connectivity index (χ0) is 17.3. The summed E-state index contributed by atoms with van der Waals surface area (Å²) < 4.78 is 2.30. The van der Waals surface area contributed by atoms with Crippen LogP contribution in [0, 0.1) is 13.8 Å². The Labute approximate surface area is 147 Å². The minimum Gasteiger partial charge on any atom is -0.325 e. The highest BCUT2D eigenvalue weighted by Gasteiger charge is 2.10. The highest BCUT2D eigenvalue weighted by molar-refractivity contribution is 9.10. The lowest BCUT2D eigenvalue weighted by atomic mass is 10.1. The number of para-hydroxylation sites is 1. The number of carbonyl (C=O) groups excluding carboxylic acids is 1. The fraction of sp³-hybridized carbons (Fsp3) is 0.167. The molecule has 2 aromatic carbocycles. The van der Waals surface area contributed by atoms with Crippen molar-refractivity contribution in [3.63, 3.8) is 0 Å². The summed E-state index contributed by atoms with van der Waals surface area (Å²) in [6.07, 6.45) is 1.42. The summed E-state index contributed by atoms with van der Waals surface area (Å²) in [5.74, 6) is -0.271. The van der Waals surface area contributed by atoms with Crippen molar-refractivity contribution in [2.75, 3.05) is 5.32 Å². The number of fused-ring (bicyclic) bond motifs is 1. The maximum Gasteiger partial charge on any atom is 0.261 e. The van der Waals surface area contributed by atoms with Crippen molar-refractivity contribution in [1.29, 1.82) is 0 Å². The van der Waals surface area contributed by atoms with Gasteiger partial charge in [-0.25, -0.2) is 4.98 Å². The van der Waals surface area contributed by atoms with E-state index in [-0.39, 0.29) is 18.0 Å². The van der Waals surface area contributed by atoms with Crippen LogP contribution < -0.4 is 10.9 Å². The van der Waals surface area contributed by atoms with Crippen LogP contribution in [0.25, 0.3) is 10.9 Å². The number of aryl methyl sites for hydroxylation is 2. The van der Waals surface area contributed by atoms with Crippen molar-refractivity contribution in [2.45, 2.75) is 20.4 Å². The van der Waals surface area contributed by atoms with Gasteiger partial charge in [0.25, 0.3) is 5.56 Å². The molecule has 0 radical (unpaired) electrons. The predicted molar refractivity (Wildman–Crippen MR) is 98.2 cm³/mol. The molecule has 3 aromatic rings. The number of nitrogens with one attached hydrogen (secondary N) is 1. The normalized spacial score (nSPS) is 10.8. The number of nitrogens with zero attached hydrogens (tertiary/aromatic N) is 2. The van der Waals surface area contributed by atoms with Gasteiger partial charge in [0.05, 0.1) is 17.2 Å². The molecular weight excluding hydrogens is 370 g/mol. The first kappa shape index (κ1) is 16.4. The van der Waals surface area contributed by atoms with E-state index in [1.807, 2.05) is 38.1 Å². The Kier molecular flexibility index (Phi) is 4.49. The van der Waals surface area contributed by atoms with Gasteiger partial charge in [0.15, 0.2) is 0 Å². The van der Waals surface area contributed by atoms with E-state index >= 15 is 0 Å². The Hall–Kier alpha value is -2.47. The van der Waals surface area contributed by atoms with Crippen LogP contribution in [0.15, 0.2) is 52.0 Å². The molecule has 0 aliphatic heterocycles. The first-order chi connectivity index (χ1) is 11.5. The van der Waals surface area contributed by atoms with Gasteiger partial charge in [-0.1, -0.05) is 28.1 Å². The Bertz CT molecular complexity index is 995. The van der Waals surface area contributed by atoms with Crippen molar-refractivity contribution >= 4 is 38.4 Å². The number of carbonyl (C=O) groups is 1. The van der Waals surface area contributed by atoms with E-state index in [0.29, 0.717) is 16.6 Å². The number of rotatable bonds is 3. The van der Waals surface area contributed by atoms with Crippen LogP contribution in [0.3, 0.4) is 0 Å². The van der Waals surface area contributed by atoms with Gasteiger partial charge < -0.3 is 5.32 Å². The minimum absolute atomic E-state index is 0.0785. The molecule has 0 aliphatic rings. The summed E-state index contributed by atoms with van der Waals surface area (Å²) in [5.41, 5.74) is 3.10. The molecule has 0 spiro atoms. The van der Waals surface area contributed by atoms with E-state index in [9.17, 15) is 9.59 Å². The van der Waals surface area contributed by atoms with Crippen molar-refractivity contribution in [3.8, 4) is 0 Å². The number of aromatic nitrogens is 2. The fourth-order valence-corrected chi connectivity index (χ4v) is 2.77. The van der Waals surface area contributed by atoms with Crippen molar-refractivity contribution in [2.24, 2.45) is 0 Å². The number of hydrogen-bond donors (Lipinski definition) is 1. The lowest BCUT2D eigenvalue weighted by Gasteiger charge is -2.09. The largest absolute Gasteiger partial charge is 0.325 e. The molecule has 5 nitrogen and oxygen atoms in total. The molecule has 6 heteroatoms. The molecule has 1 heterocycles. The van der Waals surface area contributed by atoms with E-state index in [4.69, 9.17) is 0 Å². The second-order valence-electron chi connectivity index (χ2n) is 5.66. The van der Waals surface area contributed by atoms with Gasteiger partial charge in [0.1, 0.15) is 6.54 Å². The molecule has 1 N–H and O–H groups in total. The molecule has 1 amide bonds. The summed E-state index contributed by atoms with van der Waals surface area (Å²) in [4.78, 5) is 29.0. The van der Waals surface area contributed by atoms with Gasteiger partial charge in [-0.3, -0.25) is 14.2 Å². The molecule has 122 valence electrons. The molecule has 0 atom stereocenters. The predicted octanol–water partition coefficient (Wildman–Crippen LogP) is 3.41. The molecule has 0 unspecified atom stereocenters. The lowest BCUT2D eigenvalue weighted by molar-refractivity contribution is -0.116.